The van der Waals surface area contributed by atoms with Crippen LogP contribution in [-0.2, 0) is 10.2 Å². The van der Waals surface area contributed by atoms with Crippen LogP contribution in [0.15, 0.2) is 4.52 Å². The van der Waals surface area contributed by atoms with Crippen LogP contribution in [-0.4, -0.2) is 36.4 Å². The highest BCUT2D eigenvalue weighted by Gasteiger charge is 2.37. The normalized spacial score (nSPS) is 23.2. The maximum atomic E-state index is 5.50. The molecule has 3 heterocycles. The van der Waals surface area contributed by atoms with Crippen molar-refractivity contribution in [2.24, 2.45) is 5.41 Å². The zero-order valence-corrected chi connectivity index (χ0v) is 12.8. The van der Waals surface area contributed by atoms with Gasteiger partial charge in [0.25, 0.3) is 5.95 Å². The van der Waals surface area contributed by atoms with Crippen molar-refractivity contribution in [2.75, 3.05) is 31.2 Å². The third kappa shape index (κ3) is 2.68. The highest BCUT2D eigenvalue weighted by molar-refractivity contribution is 5.29. The predicted octanol–water partition coefficient (Wildman–Crippen LogP) is 2.76. The third-order valence-corrected chi connectivity index (χ3v) is 4.72. The average molecular weight is 279 g/mol. The minimum atomic E-state index is -0.0804. The smallest absolute Gasteiger partial charge is 0.266 e. The minimum Gasteiger partial charge on any atom is -0.381 e. The maximum Gasteiger partial charge on any atom is 0.266 e. The second-order valence-electron chi connectivity index (χ2n) is 7.25. The van der Waals surface area contributed by atoms with Crippen molar-refractivity contribution in [3.8, 4) is 0 Å². The Bertz CT molecular complexity index is 448. The molecule has 1 aromatic heterocycles. The van der Waals surface area contributed by atoms with Gasteiger partial charge in [-0.15, -0.1) is 0 Å². The first-order valence-corrected chi connectivity index (χ1v) is 7.66. The summed E-state index contributed by atoms with van der Waals surface area (Å²) in [6.45, 7) is 10.2. The molecule has 20 heavy (non-hydrogen) atoms. The Morgan fingerprint density at radius 2 is 1.70 bits per heavy atom. The first-order chi connectivity index (χ1) is 9.49. The molecular weight excluding hydrogens is 254 g/mol. The highest BCUT2D eigenvalue weighted by atomic mass is 16.5. The van der Waals surface area contributed by atoms with Crippen LogP contribution in [0.4, 0.5) is 5.95 Å². The minimum absolute atomic E-state index is 0.0804. The van der Waals surface area contributed by atoms with Crippen molar-refractivity contribution in [3.63, 3.8) is 0 Å². The van der Waals surface area contributed by atoms with Crippen LogP contribution >= 0.6 is 0 Å². The molecule has 0 bridgehead atoms. The van der Waals surface area contributed by atoms with Gasteiger partial charge < -0.3 is 14.2 Å². The second-order valence-corrected chi connectivity index (χ2v) is 7.25. The number of aromatic nitrogens is 2. The molecule has 0 unspecified atom stereocenters. The summed E-state index contributed by atoms with van der Waals surface area (Å²) < 4.78 is 10.9. The van der Waals surface area contributed by atoms with E-state index in [0.29, 0.717) is 5.41 Å². The monoisotopic (exact) mass is 279 g/mol. The van der Waals surface area contributed by atoms with E-state index in [1.165, 1.54) is 25.7 Å². The molecule has 2 saturated heterocycles. The van der Waals surface area contributed by atoms with Crippen LogP contribution in [0.3, 0.4) is 0 Å². The second kappa shape index (κ2) is 5.02. The molecule has 5 nitrogen and oxygen atoms in total. The highest BCUT2D eigenvalue weighted by Crippen LogP contribution is 2.41. The van der Waals surface area contributed by atoms with Crippen LogP contribution in [0.5, 0.6) is 0 Å². The number of ether oxygens (including phenoxy) is 1. The van der Waals surface area contributed by atoms with Crippen molar-refractivity contribution >= 4 is 5.95 Å². The summed E-state index contributed by atoms with van der Waals surface area (Å²) >= 11 is 0. The Labute approximate surface area is 120 Å². The van der Waals surface area contributed by atoms with Crippen LogP contribution in [0.2, 0.25) is 0 Å². The van der Waals surface area contributed by atoms with Crippen molar-refractivity contribution in [3.05, 3.63) is 5.89 Å². The molecule has 0 atom stereocenters. The summed E-state index contributed by atoms with van der Waals surface area (Å²) in [4.78, 5) is 6.83. The van der Waals surface area contributed by atoms with Crippen LogP contribution in [0.1, 0.15) is 52.3 Å². The predicted molar refractivity (Wildman–Crippen MR) is 76.9 cm³/mol. The van der Waals surface area contributed by atoms with Gasteiger partial charge in [-0.3, -0.25) is 0 Å². The van der Waals surface area contributed by atoms with E-state index in [-0.39, 0.29) is 5.41 Å². The molecule has 0 amide bonds. The summed E-state index contributed by atoms with van der Waals surface area (Å²) in [6, 6.07) is 0. The summed E-state index contributed by atoms with van der Waals surface area (Å²) in [6.07, 6.45) is 4.85. The van der Waals surface area contributed by atoms with Gasteiger partial charge >= 0.3 is 0 Å². The zero-order valence-electron chi connectivity index (χ0n) is 12.8. The fourth-order valence-electron chi connectivity index (χ4n) is 3.13. The molecule has 0 aromatic carbocycles. The van der Waals surface area contributed by atoms with Gasteiger partial charge in [0, 0.05) is 31.7 Å². The Morgan fingerprint density at radius 3 is 2.25 bits per heavy atom. The van der Waals surface area contributed by atoms with Gasteiger partial charge in [-0.05, 0) is 36.3 Å². The Balaban J connectivity index is 1.64. The van der Waals surface area contributed by atoms with E-state index in [1.807, 2.05) is 0 Å². The van der Waals surface area contributed by atoms with E-state index in [4.69, 9.17) is 9.26 Å². The summed E-state index contributed by atoms with van der Waals surface area (Å²) in [5.74, 6) is 1.48. The molecule has 1 spiro atoms. The molecular formula is C15H25N3O2. The molecule has 2 fully saturated rings. The van der Waals surface area contributed by atoms with Crippen molar-refractivity contribution < 1.29 is 9.26 Å². The molecule has 2 aliphatic rings. The number of rotatable bonds is 1. The molecule has 5 heteroatoms. The van der Waals surface area contributed by atoms with Crippen LogP contribution in [0, 0.1) is 5.41 Å². The number of anilines is 1. The fraction of sp³-hybridized carbons (Fsp3) is 0.867. The van der Waals surface area contributed by atoms with Gasteiger partial charge in [0.05, 0.1) is 0 Å². The van der Waals surface area contributed by atoms with Crippen molar-refractivity contribution in [1.29, 1.82) is 0 Å². The van der Waals surface area contributed by atoms with Gasteiger partial charge in [0.2, 0.25) is 5.89 Å². The molecule has 2 aliphatic heterocycles. The summed E-state index contributed by atoms with van der Waals surface area (Å²) in [5, 5.41) is 4.16. The number of piperidine rings is 1. The van der Waals surface area contributed by atoms with E-state index in [9.17, 15) is 0 Å². The lowest BCUT2D eigenvalue weighted by Gasteiger charge is -2.43. The van der Waals surface area contributed by atoms with E-state index in [1.54, 1.807) is 0 Å². The first-order valence-electron chi connectivity index (χ1n) is 7.66. The summed E-state index contributed by atoms with van der Waals surface area (Å²) in [7, 11) is 0. The van der Waals surface area contributed by atoms with E-state index < -0.39 is 0 Å². The Kier molecular flexibility index (Phi) is 3.48. The van der Waals surface area contributed by atoms with Gasteiger partial charge in [-0.2, -0.15) is 4.98 Å². The SMILES string of the molecule is CC(C)(C)c1nc(N2CCC3(CCOCC3)CC2)no1. The average Bonchev–Trinajstić information content (AvgIpc) is 2.90. The molecule has 0 radical (unpaired) electrons. The Morgan fingerprint density at radius 1 is 1.05 bits per heavy atom. The zero-order chi connectivity index (χ0) is 14.2. The topological polar surface area (TPSA) is 51.4 Å². The van der Waals surface area contributed by atoms with Crippen molar-refractivity contribution in [2.45, 2.75) is 51.9 Å². The lowest BCUT2D eigenvalue weighted by Crippen LogP contribution is -2.43. The quantitative estimate of drug-likeness (QED) is 0.791. The molecule has 112 valence electrons. The van der Waals surface area contributed by atoms with E-state index in [2.05, 4.69) is 35.8 Å². The van der Waals surface area contributed by atoms with Gasteiger partial charge in [0.15, 0.2) is 0 Å². The van der Waals surface area contributed by atoms with E-state index in [0.717, 1.165) is 38.1 Å². The first kappa shape index (κ1) is 13.9. The van der Waals surface area contributed by atoms with E-state index >= 15 is 0 Å². The lowest BCUT2D eigenvalue weighted by atomic mass is 9.72. The molecule has 3 rings (SSSR count). The third-order valence-electron chi connectivity index (χ3n) is 4.72. The molecule has 0 N–H and O–H groups in total. The van der Waals surface area contributed by atoms with Gasteiger partial charge in [-0.1, -0.05) is 20.8 Å². The van der Waals surface area contributed by atoms with Crippen LogP contribution in [0.25, 0.3) is 0 Å². The van der Waals surface area contributed by atoms with Crippen LogP contribution < -0.4 is 4.90 Å². The molecule has 0 aliphatic carbocycles. The maximum absolute atomic E-state index is 5.50. The number of hydrogen-bond acceptors (Lipinski definition) is 5. The number of hydrogen-bond donors (Lipinski definition) is 0. The van der Waals surface area contributed by atoms with Crippen molar-refractivity contribution in [1.82, 2.24) is 10.1 Å². The Hall–Kier alpha value is -1.10. The molecule has 0 saturated carbocycles. The van der Waals surface area contributed by atoms with Gasteiger partial charge in [-0.25, -0.2) is 0 Å². The lowest BCUT2D eigenvalue weighted by molar-refractivity contribution is 0.00196. The largest absolute Gasteiger partial charge is 0.381 e. The standard InChI is InChI=1S/C15H25N3O2/c1-14(2,3)12-16-13(17-20-12)18-8-4-15(5-9-18)6-10-19-11-7-15/h4-11H2,1-3H3. The number of nitrogens with zero attached hydrogens (tertiary/aromatic N) is 3. The molecule has 1 aromatic rings. The van der Waals surface area contributed by atoms with Gasteiger partial charge in [0.1, 0.15) is 0 Å². The fourth-order valence-corrected chi connectivity index (χ4v) is 3.13. The summed E-state index contributed by atoms with van der Waals surface area (Å²) in [5.41, 5.74) is 0.425.